The van der Waals surface area contributed by atoms with Crippen LogP contribution in [0.1, 0.15) is 39.5 Å². The van der Waals surface area contributed by atoms with E-state index in [9.17, 15) is 14.9 Å². The van der Waals surface area contributed by atoms with Crippen molar-refractivity contribution in [2.24, 2.45) is 0 Å². The molecule has 7 heteroatoms. The van der Waals surface area contributed by atoms with Gasteiger partial charge in [-0.15, -0.1) is 0 Å². The summed E-state index contributed by atoms with van der Waals surface area (Å²) in [5, 5.41) is 18.9. The van der Waals surface area contributed by atoms with Crippen molar-refractivity contribution in [3.05, 3.63) is 148 Å². The first-order chi connectivity index (χ1) is 19.0. The number of non-ortho nitro benzene ring substituents is 1. The van der Waals surface area contributed by atoms with Gasteiger partial charge in [0.15, 0.2) is 0 Å². The fraction of sp³-hybridized carbons (Fsp3) is 0.125. The van der Waals surface area contributed by atoms with E-state index in [4.69, 9.17) is 5.10 Å². The molecule has 0 saturated heterocycles. The van der Waals surface area contributed by atoms with E-state index < -0.39 is 4.92 Å². The van der Waals surface area contributed by atoms with Gasteiger partial charge in [0.25, 0.3) is 11.6 Å². The molecule has 0 aliphatic carbocycles. The van der Waals surface area contributed by atoms with Gasteiger partial charge in [-0.25, -0.2) is 4.68 Å². The molecule has 0 atom stereocenters. The normalized spacial score (nSPS) is 10.9. The molecule has 0 bridgehead atoms. The van der Waals surface area contributed by atoms with Crippen LogP contribution < -0.4 is 5.32 Å². The molecular weight excluding hydrogens is 488 g/mol. The van der Waals surface area contributed by atoms with E-state index in [1.165, 1.54) is 23.3 Å². The van der Waals surface area contributed by atoms with Gasteiger partial charge in [-0.05, 0) is 60.4 Å². The molecule has 0 spiro atoms. The van der Waals surface area contributed by atoms with Gasteiger partial charge in [0.1, 0.15) is 5.69 Å². The summed E-state index contributed by atoms with van der Waals surface area (Å²) in [4.78, 5) is 24.1. The van der Waals surface area contributed by atoms with Crippen LogP contribution in [-0.2, 0) is 0 Å². The number of amides is 1. The number of nitro groups is 1. The smallest absolute Gasteiger partial charge is 0.270 e. The monoisotopic (exact) mass is 516 g/mol. The Morgan fingerprint density at radius 3 is 2.10 bits per heavy atom. The van der Waals surface area contributed by atoms with E-state index >= 15 is 0 Å². The zero-order valence-corrected chi connectivity index (χ0v) is 21.5. The van der Waals surface area contributed by atoms with Gasteiger partial charge < -0.3 is 5.32 Å². The molecule has 1 heterocycles. The Morgan fingerprint density at radius 2 is 1.51 bits per heavy atom. The summed E-state index contributed by atoms with van der Waals surface area (Å²) in [5.41, 5.74) is 5.84. The van der Waals surface area contributed by atoms with Crippen molar-refractivity contribution in [3.63, 3.8) is 0 Å². The highest BCUT2D eigenvalue weighted by molar-refractivity contribution is 5.94. The lowest BCUT2D eigenvalue weighted by atomic mass is 9.88. The lowest BCUT2D eigenvalue weighted by Crippen LogP contribution is -2.28. The van der Waals surface area contributed by atoms with Crippen LogP contribution in [0, 0.1) is 17.0 Å². The van der Waals surface area contributed by atoms with Gasteiger partial charge in [0.05, 0.1) is 16.3 Å². The van der Waals surface area contributed by atoms with Gasteiger partial charge in [0, 0.05) is 30.2 Å². The maximum absolute atomic E-state index is 13.5. The lowest BCUT2D eigenvalue weighted by molar-refractivity contribution is -0.384. The minimum atomic E-state index is -0.438. The molecule has 7 nitrogen and oxygen atoms in total. The number of benzene rings is 4. The van der Waals surface area contributed by atoms with Crippen LogP contribution >= 0.6 is 0 Å². The van der Waals surface area contributed by atoms with Crippen molar-refractivity contribution < 1.29 is 9.72 Å². The highest BCUT2D eigenvalue weighted by Gasteiger charge is 2.20. The molecule has 5 aromatic rings. The highest BCUT2D eigenvalue weighted by Crippen LogP contribution is 2.28. The second-order valence-electron chi connectivity index (χ2n) is 9.39. The number of carbonyl (C=O) groups is 1. The molecule has 1 amide bonds. The van der Waals surface area contributed by atoms with Crippen LogP contribution in [0.4, 0.5) is 5.69 Å². The molecule has 0 aliphatic heterocycles. The zero-order chi connectivity index (χ0) is 27.2. The fourth-order valence-electron chi connectivity index (χ4n) is 4.71. The molecule has 0 fully saturated rings. The summed E-state index contributed by atoms with van der Waals surface area (Å²) in [5.74, 6) is -0.0953. The first-order valence-electron chi connectivity index (χ1n) is 12.8. The average Bonchev–Trinajstić information content (AvgIpc) is 3.42. The number of nitrogens with zero attached hydrogens (tertiary/aromatic N) is 3. The number of rotatable bonds is 9. The van der Waals surface area contributed by atoms with Crippen molar-refractivity contribution in [1.29, 1.82) is 0 Å². The van der Waals surface area contributed by atoms with E-state index in [1.54, 1.807) is 22.9 Å². The number of carbonyl (C=O) groups excluding carboxylic acids is 1. The minimum Gasteiger partial charge on any atom is -0.351 e. The maximum atomic E-state index is 13.5. The van der Waals surface area contributed by atoms with E-state index in [-0.39, 0.29) is 17.5 Å². The van der Waals surface area contributed by atoms with Gasteiger partial charge >= 0.3 is 0 Å². The second kappa shape index (κ2) is 11.6. The molecule has 0 unspecified atom stereocenters. The minimum absolute atomic E-state index is 0.00113. The molecular formula is C32H28N4O3. The Labute approximate surface area is 226 Å². The van der Waals surface area contributed by atoms with Crippen molar-refractivity contribution in [2.45, 2.75) is 19.3 Å². The summed E-state index contributed by atoms with van der Waals surface area (Å²) in [6, 6.07) is 36.2. The van der Waals surface area contributed by atoms with Crippen LogP contribution in [0.5, 0.6) is 0 Å². The molecule has 1 N–H and O–H groups in total. The number of nitro benzene ring substituents is 1. The number of aromatic nitrogens is 2. The standard InChI is InChI=1S/C32H28N4O3/c1-23-9-8-14-28(21-23)35-31(22-30(34-35)26-15-17-27(18-16-26)36(38)39)32(37)33-20-19-29(24-10-4-2-5-11-24)25-12-6-3-7-13-25/h2-18,21-22,29H,19-20H2,1H3,(H,33,37). The maximum Gasteiger partial charge on any atom is 0.270 e. The number of nitrogens with one attached hydrogen (secondary N) is 1. The van der Waals surface area contributed by atoms with E-state index in [0.717, 1.165) is 17.7 Å². The Bertz CT molecular complexity index is 1540. The average molecular weight is 517 g/mol. The Morgan fingerprint density at radius 1 is 0.872 bits per heavy atom. The van der Waals surface area contributed by atoms with E-state index in [0.29, 0.717) is 23.5 Å². The topological polar surface area (TPSA) is 90.1 Å². The van der Waals surface area contributed by atoms with Gasteiger partial charge in [0.2, 0.25) is 0 Å². The molecule has 5 rings (SSSR count). The molecule has 0 saturated carbocycles. The predicted octanol–water partition coefficient (Wildman–Crippen LogP) is 6.71. The predicted molar refractivity (Wildman–Crippen MR) is 152 cm³/mol. The largest absolute Gasteiger partial charge is 0.351 e. The summed E-state index contributed by atoms with van der Waals surface area (Å²) < 4.78 is 1.63. The molecule has 1 aromatic heterocycles. The first kappa shape index (κ1) is 25.6. The van der Waals surface area contributed by atoms with Gasteiger partial charge in [-0.2, -0.15) is 5.10 Å². The van der Waals surface area contributed by atoms with E-state index in [1.807, 2.05) is 67.6 Å². The molecule has 39 heavy (non-hydrogen) atoms. The Kier molecular flexibility index (Phi) is 7.59. The zero-order valence-electron chi connectivity index (χ0n) is 21.5. The molecule has 0 radical (unpaired) electrons. The van der Waals surface area contributed by atoms with Gasteiger partial charge in [-0.3, -0.25) is 14.9 Å². The Balaban J connectivity index is 1.41. The van der Waals surface area contributed by atoms with E-state index in [2.05, 4.69) is 29.6 Å². The molecule has 4 aromatic carbocycles. The van der Waals surface area contributed by atoms with Crippen molar-refractivity contribution >= 4 is 11.6 Å². The number of hydrogen-bond acceptors (Lipinski definition) is 4. The van der Waals surface area contributed by atoms with Crippen LogP contribution in [-0.4, -0.2) is 27.2 Å². The highest BCUT2D eigenvalue weighted by atomic mass is 16.6. The molecule has 194 valence electrons. The van der Waals surface area contributed by atoms with Crippen LogP contribution in [0.15, 0.2) is 115 Å². The van der Waals surface area contributed by atoms with Crippen molar-refractivity contribution in [2.75, 3.05) is 6.54 Å². The summed E-state index contributed by atoms with van der Waals surface area (Å²) in [7, 11) is 0. The third-order valence-corrected chi connectivity index (χ3v) is 6.68. The van der Waals surface area contributed by atoms with Crippen LogP contribution in [0.2, 0.25) is 0 Å². The molecule has 0 aliphatic rings. The van der Waals surface area contributed by atoms with Crippen molar-refractivity contribution in [1.82, 2.24) is 15.1 Å². The third kappa shape index (κ3) is 5.93. The Hall–Kier alpha value is -5.04. The number of hydrogen-bond donors (Lipinski definition) is 1. The number of aryl methyl sites for hydroxylation is 1. The fourth-order valence-corrected chi connectivity index (χ4v) is 4.71. The van der Waals surface area contributed by atoms with Crippen LogP contribution in [0.3, 0.4) is 0 Å². The third-order valence-electron chi connectivity index (χ3n) is 6.68. The SMILES string of the molecule is Cc1cccc(-n2nc(-c3ccc([N+](=O)[O-])cc3)cc2C(=O)NCCC(c2ccccc2)c2ccccc2)c1. The summed E-state index contributed by atoms with van der Waals surface area (Å²) in [6.07, 6.45) is 0.730. The lowest BCUT2D eigenvalue weighted by Gasteiger charge is -2.18. The second-order valence-corrected chi connectivity index (χ2v) is 9.39. The summed E-state index contributed by atoms with van der Waals surface area (Å²) in [6.45, 7) is 2.45. The van der Waals surface area contributed by atoms with Crippen LogP contribution in [0.25, 0.3) is 16.9 Å². The first-order valence-corrected chi connectivity index (χ1v) is 12.8. The van der Waals surface area contributed by atoms with Gasteiger partial charge in [-0.1, -0.05) is 72.8 Å². The van der Waals surface area contributed by atoms with Crippen molar-refractivity contribution in [3.8, 4) is 16.9 Å². The summed E-state index contributed by atoms with van der Waals surface area (Å²) >= 11 is 0. The quantitative estimate of drug-likeness (QED) is 0.174.